The number of nitrogens with zero attached hydrogens (tertiary/aromatic N) is 1. The maximum atomic E-state index is 11.8. The molecule has 0 spiro atoms. The lowest BCUT2D eigenvalue weighted by Crippen LogP contribution is -2.43. The van der Waals surface area contributed by atoms with Crippen molar-refractivity contribution in [3.63, 3.8) is 0 Å². The topological polar surface area (TPSA) is 61.4 Å². The van der Waals surface area contributed by atoms with E-state index < -0.39 is 5.54 Å². The minimum atomic E-state index is -0.740. The number of carbonyl (C=O) groups excluding carboxylic acids is 2. The molecule has 1 atom stereocenters. The van der Waals surface area contributed by atoms with Gasteiger partial charge in [-0.1, -0.05) is 0 Å². The van der Waals surface area contributed by atoms with Crippen molar-refractivity contribution in [2.75, 3.05) is 13.1 Å². The molecule has 0 aromatic heterocycles. The lowest BCUT2D eigenvalue weighted by Gasteiger charge is -2.19. The number of imide groups is 1. The van der Waals surface area contributed by atoms with Crippen LogP contribution in [-0.2, 0) is 4.79 Å². The van der Waals surface area contributed by atoms with Gasteiger partial charge in [-0.2, -0.15) is 0 Å². The van der Waals surface area contributed by atoms with Crippen LogP contribution in [0.1, 0.15) is 26.7 Å². The molecule has 15 heavy (non-hydrogen) atoms. The highest BCUT2D eigenvalue weighted by atomic mass is 16.2. The van der Waals surface area contributed by atoms with E-state index in [1.807, 2.05) is 0 Å². The van der Waals surface area contributed by atoms with Crippen LogP contribution in [-0.4, -0.2) is 41.5 Å². The van der Waals surface area contributed by atoms with Gasteiger partial charge >= 0.3 is 6.03 Å². The lowest BCUT2D eigenvalue weighted by atomic mass is 10.1. The van der Waals surface area contributed by atoms with Crippen molar-refractivity contribution < 1.29 is 9.59 Å². The summed E-state index contributed by atoms with van der Waals surface area (Å²) in [5.41, 5.74) is -0.740. The van der Waals surface area contributed by atoms with Gasteiger partial charge < -0.3 is 10.6 Å². The second-order valence-electron chi connectivity index (χ2n) is 4.76. The highest BCUT2D eigenvalue weighted by molar-refractivity contribution is 6.06. The summed E-state index contributed by atoms with van der Waals surface area (Å²) < 4.78 is 0. The van der Waals surface area contributed by atoms with Gasteiger partial charge in [0.2, 0.25) is 0 Å². The minimum Gasteiger partial charge on any atom is -0.324 e. The Hall–Kier alpha value is -1.10. The first-order valence-corrected chi connectivity index (χ1v) is 5.38. The first kappa shape index (κ1) is 10.4. The fourth-order valence-electron chi connectivity index (χ4n) is 2.12. The molecule has 84 valence electrons. The molecule has 2 aliphatic rings. The van der Waals surface area contributed by atoms with Crippen molar-refractivity contribution >= 4 is 11.9 Å². The smallest absolute Gasteiger partial charge is 0.324 e. The van der Waals surface area contributed by atoms with Crippen molar-refractivity contribution in [2.24, 2.45) is 0 Å². The van der Waals surface area contributed by atoms with Crippen LogP contribution >= 0.6 is 0 Å². The summed E-state index contributed by atoms with van der Waals surface area (Å²) >= 11 is 0. The highest BCUT2D eigenvalue weighted by Crippen LogP contribution is 2.18. The van der Waals surface area contributed by atoms with Crippen LogP contribution in [0, 0.1) is 0 Å². The molecule has 0 aliphatic carbocycles. The highest BCUT2D eigenvalue weighted by Gasteiger charge is 2.44. The third-order valence-electron chi connectivity index (χ3n) is 3.01. The van der Waals surface area contributed by atoms with Crippen molar-refractivity contribution in [2.45, 2.75) is 38.3 Å². The largest absolute Gasteiger partial charge is 0.325 e. The summed E-state index contributed by atoms with van der Waals surface area (Å²) in [4.78, 5) is 24.7. The van der Waals surface area contributed by atoms with Crippen LogP contribution < -0.4 is 10.6 Å². The fourth-order valence-corrected chi connectivity index (χ4v) is 2.12. The Kier molecular flexibility index (Phi) is 2.42. The predicted molar refractivity (Wildman–Crippen MR) is 55.3 cm³/mol. The van der Waals surface area contributed by atoms with Crippen molar-refractivity contribution in [1.82, 2.24) is 15.5 Å². The van der Waals surface area contributed by atoms with Gasteiger partial charge in [0, 0.05) is 12.6 Å². The molecule has 5 nitrogen and oxygen atoms in total. The van der Waals surface area contributed by atoms with Gasteiger partial charge in [0.05, 0.1) is 0 Å². The van der Waals surface area contributed by atoms with Crippen molar-refractivity contribution in [1.29, 1.82) is 0 Å². The molecule has 2 heterocycles. The van der Waals surface area contributed by atoms with Crippen LogP contribution in [0.4, 0.5) is 4.79 Å². The van der Waals surface area contributed by atoms with Crippen molar-refractivity contribution in [3.8, 4) is 0 Å². The van der Waals surface area contributed by atoms with Gasteiger partial charge in [-0.15, -0.1) is 0 Å². The van der Waals surface area contributed by atoms with Gasteiger partial charge in [-0.05, 0) is 33.2 Å². The average Bonchev–Trinajstić information content (AvgIpc) is 2.69. The third-order valence-corrected chi connectivity index (χ3v) is 3.01. The van der Waals surface area contributed by atoms with E-state index in [1.54, 1.807) is 13.8 Å². The summed E-state index contributed by atoms with van der Waals surface area (Å²) in [6, 6.07) is 0.00676. The number of urea groups is 1. The van der Waals surface area contributed by atoms with E-state index in [4.69, 9.17) is 0 Å². The maximum absolute atomic E-state index is 11.8. The van der Waals surface area contributed by atoms with E-state index in [0.717, 1.165) is 19.4 Å². The van der Waals surface area contributed by atoms with Gasteiger partial charge in [-0.25, -0.2) is 4.79 Å². The molecule has 5 heteroatoms. The zero-order valence-corrected chi connectivity index (χ0v) is 9.17. The number of nitrogens with one attached hydrogen (secondary N) is 2. The number of carbonyl (C=O) groups is 2. The van der Waals surface area contributed by atoms with E-state index in [-0.39, 0.29) is 18.0 Å². The van der Waals surface area contributed by atoms with E-state index in [1.165, 1.54) is 4.90 Å². The van der Waals surface area contributed by atoms with Crippen LogP contribution in [0.3, 0.4) is 0 Å². The van der Waals surface area contributed by atoms with Gasteiger partial charge in [0.25, 0.3) is 5.91 Å². The lowest BCUT2D eigenvalue weighted by molar-refractivity contribution is -0.130. The van der Waals surface area contributed by atoms with Gasteiger partial charge in [-0.3, -0.25) is 9.69 Å². The quantitative estimate of drug-likeness (QED) is 0.635. The zero-order valence-electron chi connectivity index (χ0n) is 9.17. The summed E-state index contributed by atoms with van der Waals surface area (Å²) in [5, 5.41) is 5.95. The molecule has 0 saturated carbocycles. The third kappa shape index (κ3) is 1.84. The molecule has 2 fully saturated rings. The van der Waals surface area contributed by atoms with E-state index in [2.05, 4.69) is 10.6 Å². The van der Waals surface area contributed by atoms with E-state index in [0.29, 0.717) is 6.54 Å². The Morgan fingerprint density at radius 2 is 2.20 bits per heavy atom. The first-order chi connectivity index (χ1) is 7.00. The molecular weight excluding hydrogens is 194 g/mol. The standard InChI is InChI=1S/C10H17N3O2/c1-10(2)8(14)13(9(15)12-10)6-7-4-3-5-11-7/h7,11H,3-6H2,1-2H3,(H,12,15)/t7-/m0/s1. The predicted octanol–water partition coefficient (Wildman–Crippen LogP) is 0.0688. The number of hydrogen-bond donors (Lipinski definition) is 2. The van der Waals surface area contributed by atoms with Crippen molar-refractivity contribution in [3.05, 3.63) is 0 Å². The summed E-state index contributed by atoms with van der Waals surface area (Å²) in [6.07, 6.45) is 2.16. The molecule has 2 aliphatic heterocycles. The fraction of sp³-hybridized carbons (Fsp3) is 0.800. The van der Waals surface area contributed by atoms with Gasteiger partial charge in [0.15, 0.2) is 0 Å². The SMILES string of the molecule is CC1(C)NC(=O)N(C[C@@H]2CCCN2)C1=O. The Morgan fingerprint density at radius 3 is 2.67 bits per heavy atom. The normalized spacial score (nSPS) is 29.7. The molecule has 0 unspecified atom stereocenters. The molecular formula is C10H17N3O2. The molecule has 3 amide bonds. The maximum Gasteiger partial charge on any atom is 0.325 e. The monoisotopic (exact) mass is 211 g/mol. The Labute approximate surface area is 89.2 Å². The minimum absolute atomic E-state index is 0.124. The molecule has 2 saturated heterocycles. The second-order valence-corrected chi connectivity index (χ2v) is 4.76. The second kappa shape index (κ2) is 3.48. The Bertz CT molecular complexity index is 295. The van der Waals surface area contributed by atoms with Crippen LogP contribution in [0.5, 0.6) is 0 Å². The van der Waals surface area contributed by atoms with E-state index >= 15 is 0 Å². The van der Waals surface area contributed by atoms with Gasteiger partial charge in [0.1, 0.15) is 5.54 Å². The molecule has 0 radical (unpaired) electrons. The summed E-state index contributed by atoms with van der Waals surface area (Å²) in [6.45, 7) is 4.94. The molecule has 2 rings (SSSR count). The summed E-state index contributed by atoms with van der Waals surface area (Å²) in [5.74, 6) is -0.124. The Balaban J connectivity index is 2.02. The summed E-state index contributed by atoms with van der Waals surface area (Å²) in [7, 11) is 0. The number of amides is 3. The van der Waals surface area contributed by atoms with E-state index in [9.17, 15) is 9.59 Å². The average molecular weight is 211 g/mol. The van der Waals surface area contributed by atoms with Crippen LogP contribution in [0.2, 0.25) is 0 Å². The number of hydrogen-bond acceptors (Lipinski definition) is 3. The molecule has 0 aromatic carbocycles. The molecule has 0 bridgehead atoms. The first-order valence-electron chi connectivity index (χ1n) is 5.38. The Morgan fingerprint density at radius 1 is 1.47 bits per heavy atom. The molecule has 0 aromatic rings. The number of rotatable bonds is 2. The van der Waals surface area contributed by atoms with Crippen LogP contribution in [0.25, 0.3) is 0 Å². The van der Waals surface area contributed by atoms with Crippen LogP contribution in [0.15, 0.2) is 0 Å². The molecule has 2 N–H and O–H groups in total. The zero-order chi connectivity index (χ0) is 11.1.